The summed E-state index contributed by atoms with van der Waals surface area (Å²) in [7, 11) is 1.62. The summed E-state index contributed by atoms with van der Waals surface area (Å²) < 4.78 is 10.7. The third-order valence-electron chi connectivity index (χ3n) is 3.01. The summed E-state index contributed by atoms with van der Waals surface area (Å²) in [6, 6.07) is 5.42. The van der Waals surface area contributed by atoms with E-state index in [4.69, 9.17) is 9.47 Å². The van der Waals surface area contributed by atoms with E-state index < -0.39 is 0 Å². The Bertz CT molecular complexity index is 430. The van der Waals surface area contributed by atoms with Gasteiger partial charge in [-0.1, -0.05) is 13.8 Å². The van der Waals surface area contributed by atoms with E-state index in [9.17, 15) is 4.79 Å². The smallest absolute Gasteiger partial charge is 0.251 e. The van der Waals surface area contributed by atoms with Gasteiger partial charge < -0.3 is 14.8 Å². The minimum Gasteiger partial charge on any atom is -0.496 e. The van der Waals surface area contributed by atoms with Gasteiger partial charge in [0.1, 0.15) is 5.75 Å². The monoisotopic (exact) mass is 279 g/mol. The molecule has 0 bridgehead atoms. The Morgan fingerprint density at radius 3 is 2.70 bits per heavy atom. The average Bonchev–Trinajstić information content (AvgIpc) is 2.44. The molecule has 0 aliphatic heterocycles. The van der Waals surface area contributed by atoms with Gasteiger partial charge in [0, 0.05) is 24.3 Å². The van der Waals surface area contributed by atoms with Gasteiger partial charge in [-0.05, 0) is 37.5 Å². The normalized spacial score (nSPS) is 10.7. The molecule has 20 heavy (non-hydrogen) atoms. The molecule has 0 saturated carbocycles. The van der Waals surface area contributed by atoms with Crippen molar-refractivity contribution in [3.05, 3.63) is 29.3 Å². The molecule has 1 N–H and O–H groups in total. The lowest BCUT2D eigenvalue weighted by Crippen LogP contribution is -2.25. The maximum atomic E-state index is 12.1. The van der Waals surface area contributed by atoms with Crippen LogP contribution in [0.2, 0.25) is 0 Å². The summed E-state index contributed by atoms with van der Waals surface area (Å²) in [4.78, 5) is 12.1. The third kappa shape index (κ3) is 5.21. The topological polar surface area (TPSA) is 47.6 Å². The van der Waals surface area contributed by atoms with Crippen LogP contribution in [0.3, 0.4) is 0 Å². The number of carbonyl (C=O) groups is 1. The van der Waals surface area contributed by atoms with Crippen molar-refractivity contribution in [2.75, 3.05) is 20.3 Å². The van der Waals surface area contributed by atoms with E-state index in [-0.39, 0.29) is 5.91 Å². The number of rotatable bonds is 8. The Morgan fingerprint density at radius 2 is 2.10 bits per heavy atom. The van der Waals surface area contributed by atoms with Gasteiger partial charge in [-0.2, -0.15) is 0 Å². The molecule has 0 heterocycles. The molecule has 112 valence electrons. The molecule has 0 atom stereocenters. The Hall–Kier alpha value is -1.55. The van der Waals surface area contributed by atoms with Crippen molar-refractivity contribution in [3.8, 4) is 5.75 Å². The number of amides is 1. The van der Waals surface area contributed by atoms with Crippen LogP contribution in [0, 0.1) is 5.92 Å². The predicted octanol–water partition coefficient (Wildman–Crippen LogP) is 3.01. The van der Waals surface area contributed by atoms with Crippen molar-refractivity contribution in [2.45, 2.75) is 33.8 Å². The molecule has 0 saturated heterocycles. The third-order valence-corrected chi connectivity index (χ3v) is 3.01. The number of carbonyl (C=O) groups excluding carboxylic acids is 1. The van der Waals surface area contributed by atoms with Crippen molar-refractivity contribution < 1.29 is 14.3 Å². The van der Waals surface area contributed by atoms with E-state index in [2.05, 4.69) is 19.2 Å². The maximum Gasteiger partial charge on any atom is 0.251 e. The van der Waals surface area contributed by atoms with Crippen LogP contribution in [0.15, 0.2) is 18.2 Å². The molecule has 1 aromatic carbocycles. The van der Waals surface area contributed by atoms with E-state index in [1.54, 1.807) is 13.2 Å². The van der Waals surface area contributed by atoms with Gasteiger partial charge in [-0.3, -0.25) is 4.79 Å². The molecule has 1 rings (SSSR count). The van der Waals surface area contributed by atoms with Gasteiger partial charge in [0.15, 0.2) is 0 Å². The van der Waals surface area contributed by atoms with Crippen LogP contribution in [-0.2, 0) is 11.3 Å². The lowest BCUT2D eigenvalue weighted by Gasteiger charge is -2.11. The highest BCUT2D eigenvalue weighted by molar-refractivity contribution is 5.94. The Kier molecular flexibility index (Phi) is 7.09. The van der Waals surface area contributed by atoms with E-state index in [1.807, 2.05) is 19.1 Å². The number of methoxy groups -OCH3 is 1. The summed E-state index contributed by atoms with van der Waals surface area (Å²) in [5.74, 6) is 1.28. The Labute approximate surface area is 121 Å². The standard InChI is InChI=1S/C16H25NO3/c1-5-20-11-14-10-13(6-7-15(14)19-4)16(18)17-9-8-12(2)3/h6-7,10,12H,5,8-9,11H2,1-4H3,(H,17,18). The molecule has 0 unspecified atom stereocenters. The number of ether oxygens (including phenoxy) is 2. The molecule has 0 aliphatic carbocycles. The number of nitrogens with one attached hydrogen (secondary N) is 1. The first-order chi connectivity index (χ1) is 9.58. The van der Waals surface area contributed by atoms with Gasteiger partial charge in [0.2, 0.25) is 0 Å². The minimum absolute atomic E-state index is 0.0500. The number of hydrogen-bond donors (Lipinski definition) is 1. The van der Waals surface area contributed by atoms with Crippen LogP contribution < -0.4 is 10.1 Å². The second-order valence-electron chi connectivity index (χ2n) is 5.10. The summed E-state index contributed by atoms with van der Waals surface area (Å²) >= 11 is 0. The summed E-state index contributed by atoms with van der Waals surface area (Å²) in [6.07, 6.45) is 0.980. The van der Waals surface area contributed by atoms with Gasteiger partial charge in [-0.15, -0.1) is 0 Å². The summed E-state index contributed by atoms with van der Waals surface area (Å²) in [6.45, 7) is 8.00. The highest BCUT2D eigenvalue weighted by Gasteiger charge is 2.10. The van der Waals surface area contributed by atoms with Crippen LogP contribution in [0.4, 0.5) is 0 Å². The van der Waals surface area contributed by atoms with Crippen molar-refractivity contribution >= 4 is 5.91 Å². The molecule has 0 aromatic heterocycles. The zero-order valence-corrected chi connectivity index (χ0v) is 12.9. The second-order valence-corrected chi connectivity index (χ2v) is 5.10. The van der Waals surface area contributed by atoms with Gasteiger partial charge in [0.25, 0.3) is 5.91 Å². The van der Waals surface area contributed by atoms with Crippen molar-refractivity contribution in [2.24, 2.45) is 5.92 Å². The fourth-order valence-electron chi connectivity index (χ4n) is 1.82. The lowest BCUT2D eigenvalue weighted by molar-refractivity contribution is 0.0951. The molecule has 0 fully saturated rings. The predicted molar refractivity (Wildman–Crippen MR) is 80.1 cm³/mol. The van der Waals surface area contributed by atoms with Crippen LogP contribution in [0.1, 0.15) is 43.1 Å². The molecule has 1 aromatic rings. The SMILES string of the molecule is CCOCc1cc(C(=O)NCCC(C)C)ccc1OC. The fraction of sp³-hybridized carbons (Fsp3) is 0.562. The first-order valence-corrected chi connectivity index (χ1v) is 7.11. The molecule has 0 radical (unpaired) electrons. The van der Waals surface area contributed by atoms with Crippen LogP contribution in [0.25, 0.3) is 0 Å². The molecular formula is C16H25NO3. The largest absolute Gasteiger partial charge is 0.496 e. The highest BCUT2D eigenvalue weighted by atomic mass is 16.5. The highest BCUT2D eigenvalue weighted by Crippen LogP contribution is 2.20. The lowest BCUT2D eigenvalue weighted by atomic mass is 10.1. The van der Waals surface area contributed by atoms with E-state index in [0.717, 1.165) is 17.7 Å². The van der Waals surface area contributed by atoms with Crippen LogP contribution >= 0.6 is 0 Å². The van der Waals surface area contributed by atoms with Gasteiger partial charge >= 0.3 is 0 Å². The second kappa shape index (κ2) is 8.59. The first kappa shape index (κ1) is 16.5. The summed E-state index contributed by atoms with van der Waals surface area (Å²) in [5, 5.41) is 2.93. The van der Waals surface area contributed by atoms with E-state index in [0.29, 0.717) is 31.2 Å². The number of hydrogen-bond acceptors (Lipinski definition) is 3. The Balaban J connectivity index is 2.71. The molecular weight excluding hydrogens is 254 g/mol. The molecule has 0 aliphatic rings. The number of benzene rings is 1. The van der Waals surface area contributed by atoms with Crippen LogP contribution in [0.5, 0.6) is 5.75 Å². The maximum absolute atomic E-state index is 12.1. The van der Waals surface area contributed by atoms with E-state index >= 15 is 0 Å². The zero-order chi connectivity index (χ0) is 15.0. The van der Waals surface area contributed by atoms with Crippen molar-refractivity contribution in [1.82, 2.24) is 5.32 Å². The van der Waals surface area contributed by atoms with Crippen molar-refractivity contribution in [1.29, 1.82) is 0 Å². The fourth-order valence-corrected chi connectivity index (χ4v) is 1.82. The van der Waals surface area contributed by atoms with Crippen molar-refractivity contribution in [3.63, 3.8) is 0 Å². The van der Waals surface area contributed by atoms with E-state index in [1.165, 1.54) is 0 Å². The van der Waals surface area contributed by atoms with Crippen LogP contribution in [-0.4, -0.2) is 26.2 Å². The van der Waals surface area contributed by atoms with Gasteiger partial charge in [0.05, 0.1) is 13.7 Å². The minimum atomic E-state index is -0.0500. The first-order valence-electron chi connectivity index (χ1n) is 7.11. The molecule has 0 spiro atoms. The zero-order valence-electron chi connectivity index (χ0n) is 12.9. The quantitative estimate of drug-likeness (QED) is 0.795. The molecule has 4 nitrogen and oxygen atoms in total. The molecule has 1 amide bonds. The molecule has 4 heteroatoms. The Morgan fingerprint density at radius 1 is 1.35 bits per heavy atom. The van der Waals surface area contributed by atoms with Gasteiger partial charge in [-0.25, -0.2) is 0 Å². The average molecular weight is 279 g/mol. The summed E-state index contributed by atoms with van der Waals surface area (Å²) in [5.41, 5.74) is 1.54.